The van der Waals surface area contributed by atoms with Gasteiger partial charge < -0.3 is 14.4 Å². The zero-order chi connectivity index (χ0) is 23.3. The average Bonchev–Trinajstić information content (AvgIpc) is 2.80. The van der Waals surface area contributed by atoms with Crippen molar-refractivity contribution in [1.82, 2.24) is 9.80 Å². The molecule has 172 valence electrons. The van der Waals surface area contributed by atoms with Gasteiger partial charge in [0.05, 0.1) is 7.11 Å². The topological polar surface area (TPSA) is 59.1 Å². The molecule has 3 rings (SSSR count). The molecule has 0 bridgehead atoms. The molecule has 1 amide bonds. The van der Waals surface area contributed by atoms with Crippen LogP contribution in [0.25, 0.3) is 0 Å². The molecule has 1 fully saturated rings. The summed E-state index contributed by atoms with van der Waals surface area (Å²) in [4.78, 5) is 29.5. The molecule has 0 radical (unpaired) electrons. The molecule has 0 spiro atoms. The Morgan fingerprint density at radius 1 is 1.06 bits per heavy atom. The van der Waals surface area contributed by atoms with Crippen LogP contribution in [0.5, 0.6) is 0 Å². The maximum atomic E-state index is 13.2. The van der Waals surface area contributed by atoms with Crippen molar-refractivity contribution in [2.75, 3.05) is 26.8 Å². The van der Waals surface area contributed by atoms with Gasteiger partial charge in [-0.15, -0.1) is 0 Å². The Kier molecular flexibility index (Phi) is 8.03. The SMILES string of the molecule is COC(=O)C(Br)(OCC(=O)N1CC(C)N(Cc2ccc(F)cc2)CC1C)c1ccccc1. The van der Waals surface area contributed by atoms with Crippen molar-refractivity contribution in [1.29, 1.82) is 0 Å². The van der Waals surface area contributed by atoms with E-state index in [1.807, 2.05) is 13.0 Å². The fourth-order valence-corrected chi connectivity index (χ4v) is 4.42. The number of hydrogen-bond donors (Lipinski definition) is 0. The van der Waals surface area contributed by atoms with E-state index in [4.69, 9.17) is 9.47 Å². The lowest BCUT2D eigenvalue weighted by atomic mass is 10.1. The Labute approximate surface area is 196 Å². The standard InChI is InChI=1S/C24H28BrFN2O4/c1-17-14-28(18(2)13-27(17)15-19-9-11-21(26)12-10-19)22(29)16-32-24(25,23(30)31-3)20-7-5-4-6-8-20/h4-12,17-18H,13-16H2,1-3H3. The summed E-state index contributed by atoms with van der Waals surface area (Å²) in [5.41, 5.74) is 1.57. The highest BCUT2D eigenvalue weighted by atomic mass is 79.9. The molecule has 1 heterocycles. The maximum absolute atomic E-state index is 13.2. The Balaban J connectivity index is 1.63. The minimum Gasteiger partial charge on any atom is -0.466 e. The second-order valence-electron chi connectivity index (χ2n) is 8.04. The van der Waals surface area contributed by atoms with Crippen LogP contribution in [0.2, 0.25) is 0 Å². The third-order valence-electron chi connectivity index (χ3n) is 5.72. The molecule has 3 atom stereocenters. The third kappa shape index (κ3) is 5.54. The first-order valence-electron chi connectivity index (χ1n) is 10.5. The fraction of sp³-hybridized carbons (Fsp3) is 0.417. The number of esters is 1. The van der Waals surface area contributed by atoms with Crippen molar-refractivity contribution in [2.45, 2.75) is 37.0 Å². The van der Waals surface area contributed by atoms with Crippen molar-refractivity contribution < 1.29 is 23.5 Å². The van der Waals surface area contributed by atoms with Gasteiger partial charge in [0, 0.05) is 37.3 Å². The smallest absolute Gasteiger partial charge is 0.354 e. The van der Waals surface area contributed by atoms with Crippen LogP contribution in [-0.4, -0.2) is 60.6 Å². The second-order valence-corrected chi connectivity index (χ2v) is 9.16. The molecule has 0 aromatic heterocycles. The van der Waals surface area contributed by atoms with Gasteiger partial charge in [-0.3, -0.25) is 9.69 Å². The lowest BCUT2D eigenvalue weighted by Crippen LogP contribution is -2.58. The van der Waals surface area contributed by atoms with E-state index in [1.165, 1.54) is 19.2 Å². The molecule has 0 saturated carbocycles. The predicted molar refractivity (Wildman–Crippen MR) is 122 cm³/mol. The highest BCUT2D eigenvalue weighted by Gasteiger charge is 2.42. The van der Waals surface area contributed by atoms with E-state index in [-0.39, 0.29) is 30.4 Å². The van der Waals surface area contributed by atoms with Crippen molar-refractivity contribution in [3.05, 3.63) is 71.5 Å². The van der Waals surface area contributed by atoms with Gasteiger partial charge in [0.15, 0.2) is 0 Å². The normalized spacial score (nSPS) is 21.1. The van der Waals surface area contributed by atoms with Crippen LogP contribution in [0.3, 0.4) is 0 Å². The van der Waals surface area contributed by atoms with Crippen molar-refractivity contribution in [3.63, 3.8) is 0 Å². The lowest BCUT2D eigenvalue weighted by Gasteiger charge is -2.44. The van der Waals surface area contributed by atoms with Crippen LogP contribution in [0.1, 0.15) is 25.0 Å². The summed E-state index contributed by atoms with van der Waals surface area (Å²) in [5, 5.41) is 0. The predicted octanol–water partition coefficient (Wildman–Crippen LogP) is 3.68. The molecule has 6 nitrogen and oxygen atoms in total. The Morgan fingerprint density at radius 3 is 2.34 bits per heavy atom. The quantitative estimate of drug-likeness (QED) is 0.423. The fourth-order valence-electron chi connectivity index (χ4n) is 3.88. The summed E-state index contributed by atoms with van der Waals surface area (Å²) in [6.07, 6.45) is 0. The lowest BCUT2D eigenvalue weighted by molar-refractivity contribution is -0.162. The van der Waals surface area contributed by atoms with Gasteiger partial charge in [-0.1, -0.05) is 42.5 Å². The highest BCUT2D eigenvalue weighted by molar-refractivity contribution is 9.10. The Bertz CT molecular complexity index is 927. The van der Waals surface area contributed by atoms with Gasteiger partial charge in [-0.25, -0.2) is 9.18 Å². The molecule has 2 aromatic carbocycles. The molecule has 32 heavy (non-hydrogen) atoms. The largest absolute Gasteiger partial charge is 0.466 e. The van der Waals surface area contributed by atoms with Gasteiger partial charge in [-0.05, 0) is 47.5 Å². The van der Waals surface area contributed by atoms with E-state index in [9.17, 15) is 14.0 Å². The summed E-state index contributed by atoms with van der Waals surface area (Å²) >= 11 is 3.35. The van der Waals surface area contributed by atoms with Crippen LogP contribution >= 0.6 is 15.9 Å². The summed E-state index contributed by atoms with van der Waals surface area (Å²) < 4.78 is 22.3. The van der Waals surface area contributed by atoms with Gasteiger partial charge in [0.2, 0.25) is 10.4 Å². The number of hydrogen-bond acceptors (Lipinski definition) is 5. The third-order valence-corrected chi connectivity index (χ3v) is 6.73. The Morgan fingerprint density at radius 2 is 1.72 bits per heavy atom. The monoisotopic (exact) mass is 506 g/mol. The van der Waals surface area contributed by atoms with Gasteiger partial charge in [0.1, 0.15) is 12.4 Å². The summed E-state index contributed by atoms with van der Waals surface area (Å²) in [6.45, 7) is 5.67. The number of nitrogens with zero attached hydrogens (tertiary/aromatic N) is 2. The van der Waals surface area contributed by atoms with E-state index in [0.29, 0.717) is 25.2 Å². The first-order valence-corrected chi connectivity index (χ1v) is 11.3. The molecule has 1 aliphatic rings. The number of benzene rings is 2. The van der Waals surface area contributed by atoms with Crippen LogP contribution in [0.15, 0.2) is 54.6 Å². The van der Waals surface area contributed by atoms with Gasteiger partial charge in [-0.2, -0.15) is 0 Å². The molecule has 0 aliphatic carbocycles. The van der Waals surface area contributed by atoms with E-state index in [1.54, 1.807) is 41.3 Å². The number of carbonyl (C=O) groups excluding carboxylic acids is 2. The summed E-state index contributed by atoms with van der Waals surface area (Å²) in [7, 11) is 1.27. The van der Waals surface area contributed by atoms with E-state index in [2.05, 4.69) is 27.8 Å². The zero-order valence-corrected chi connectivity index (χ0v) is 20.0. The Hall–Kier alpha value is -2.29. The van der Waals surface area contributed by atoms with Gasteiger partial charge >= 0.3 is 5.97 Å². The molecular weight excluding hydrogens is 479 g/mol. The van der Waals surface area contributed by atoms with E-state index >= 15 is 0 Å². The molecule has 1 aliphatic heterocycles. The number of alkyl halides is 1. The van der Waals surface area contributed by atoms with Crippen LogP contribution in [0.4, 0.5) is 4.39 Å². The maximum Gasteiger partial charge on any atom is 0.354 e. The minimum absolute atomic E-state index is 0.0395. The van der Waals surface area contributed by atoms with Crippen molar-refractivity contribution in [2.24, 2.45) is 0 Å². The highest BCUT2D eigenvalue weighted by Crippen LogP contribution is 2.34. The number of amides is 1. The van der Waals surface area contributed by atoms with E-state index < -0.39 is 10.5 Å². The minimum atomic E-state index is -1.56. The molecular formula is C24H28BrFN2O4. The molecule has 0 N–H and O–H groups in total. The first-order chi connectivity index (χ1) is 15.2. The summed E-state index contributed by atoms with van der Waals surface area (Å²) in [5.74, 6) is -1.09. The molecule has 1 saturated heterocycles. The molecule has 8 heteroatoms. The number of carbonyl (C=O) groups is 2. The average molecular weight is 507 g/mol. The number of ether oxygens (including phenoxy) is 2. The van der Waals surface area contributed by atoms with Crippen LogP contribution < -0.4 is 0 Å². The van der Waals surface area contributed by atoms with Crippen LogP contribution in [0, 0.1) is 5.82 Å². The molecule has 3 unspecified atom stereocenters. The number of rotatable bonds is 7. The summed E-state index contributed by atoms with van der Waals surface area (Å²) in [6, 6.07) is 15.4. The molecule has 2 aromatic rings. The first kappa shape index (κ1) is 24.4. The number of piperazine rings is 1. The van der Waals surface area contributed by atoms with E-state index in [0.717, 1.165) is 5.56 Å². The number of halogens is 2. The zero-order valence-electron chi connectivity index (χ0n) is 18.5. The van der Waals surface area contributed by atoms with Crippen molar-refractivity contribution >= 4 is 27.8 Å². The van der Waals surface area contributed by atoms with Gasteiger partial charge in [0.25, 0.3) is 0 Å². The number of methoxy groups -OCH3 is 1. The van der Waals surface area contributed by atoms with Crippen molar-refractivity contribution in [3.8, 4) is 0 Å². The second kappa shape index (κ2) is 10.6. The van der Waals surface area contributed by atoms with Crippen LogP contribution in [-0.2, 0) is 30.1 Å².